The van der Waals surface area contributed by atoms with Crippen molar-refractivity contribution >= 4 is 5.91 Å². The van der Waals surface area contributed by atoms with Crippen LogP contribution in [0.15, 0.2) is 0 Å². The minimum Gasteiger partial charge on any atom is -0.388 e. The summed E-state index contributed by atoms with van der Waals surface area (Å²) in [5.74, 6) is -0.115. The molecule has 19 heavy (non-hydrogen) atoms. The number of amides is 1. The average molecular weight is 272 g/mol. The molecule has 0 unspecified atom stereocenters. The molecule has 110 valence electrons. The molecule has 0 radical (unpaired) electrons. The van der Waals surface area contributed by atoms with Crippen molar-refractivity contribution in [3.05, 3.63) is 0 Å². The van der Waals surface area contributed by atoms with Crippen molar-refractivity contribution in [1.82, 2.24) is 10.2 Å². The van der Waals surface area contributed by atoms with Crippen LogP contribution < -0.4 is 5.32 Å². The monoisotopic (exact) mass is 272 g/mol. The molecule has 0 aromatic heterocycles. The van der Waals surface area contributed by atoms with E-state index in [1.54, 1.807) is 14.0 Å². The van der Waals surface area contributed by atoms with E-state index in [4.69, 9.17) is 9.47 Å². The topological polar surface area (TPSA) is 71.0 Å². The van der Waals surface area contributed by atoms with Gasteiger partial charge in [-0.05, 0) is 6.92 Å². The first-order valence-electron chi connectivity index (χ1n) is 6.86. The number of nitrogens with zero attached hydrogens (tertiary/aromatic N) is 1. The first kappa shape index (κ1) is 14.7. The van der Waals surface area contributed by atoms with Crippen molar-refractivity contribution in [1.29, 1.82) is 0 Å². The Labute approximate surface area is 114 Å². The summed E-state index contributed by atoms with van der Waals surface area (Å²) in [5.41, 5.74) is -1.52. The molecule has 0 aromatic carbocycles. The highest BCUT2D eigenvalue weighted by atomic mass is 16.5. The number of likely N-dealkylation sites (N-methyl/N-ethyl adjacent to an activating group) is 1. The molecular weight excluding hydrogens is 248 g/mol. The summed E-state index contributed by atoms with van der Waals surface area (Å²) >= 11 is 0. The maximum atomic E-state index is 11.9. The van der Waals surface area contributed by atoms with Gasteiger partial charge in [-0.1, -0.05) is 0 Å². The van der Waals surface area contributed by atoms with Crippen LogP contribution in [0.2, 0.25) is 0 Å². The van der Waals surface area contributed by atoms with Crippen LogP contribution in [-0.4, -0.2) is 73.6 Å². The van der Waals surface area contributed by atoms with E-state index in [0.29, 0.717) is 45.8 Å². The van der Waals surface area contributed by atoms with Crippen molar-refractivity contribution in [2.45, 2.75) is 31.0 Å². The van der Waals surface area contributed by atoms with Gasteiger partial charge in [0.05, 0.1) is 12.2 Å². The number of nitrogens with one attached hydrogen (secondary N) is 1. The molecule has 0 bridgehead atoms. The molecule has 1 amide bonds. The SMILES string of the molecule is CNC(=O)[C@]1(C)CN(CC2(O)CCOCC2)CCO1. The molecule has 0 saturated carbocycles. The lowest BCUT2D eigenvalue weighted by Crippen LogP contribution is -2.60. The van der Waals surface area contributed by atoms with Crippen molar-refractivity contribution in [2.24, 2.45) is 0 Å². The number of aliphatic hydroxyl groups is 1. The van der Waals surface area contributed by atoms with Gasteiger partial charge in [0.15, 0.2) is 5.60 Å². The molecule has 0 spiro atoms. The van der Waals surface area contributed by atoms with Gasteiger partial charge < -0.3 is 19.9 Å². The van der Waals surface area contributed by atoms with Gasteiger partial charge >= 0.3 is 0 Å². The molecule has 0 aliphatic carbocycles. The van der Waals surface area contributed by atoms with Crippen molar-refractivity contribution in [2.75, 3.05) is 46.5 Å². The lowest BCUT2D eigenvalue weighted by molar-refractivity contribution is -0.162. The van der Waals surface area contributed by atoms with Crippen LogP contribution in [0.25, 0.3) is 0 Å². The summed E-state index contributed by atoms with van der Waals surface area (Å²) in [6, 6.07) is 0. The largest absolute Gasteiger partial charge is 0.388 e. The Bertz CT molecular complexity index is 331. The van der Waals surface area contributed by atoms with Gasteiger partial charge in [-0.15, -0.1) is 0 Å². The zero-order valence-corrected chi connectivity index (χ0v) is 11.8. The van der Waals surface area contributed by atoms with Gasteiger partial charge in [-0.3, -0.25) is 9.69 Å². The predicted molar refractivity (Wildman–Crippen MR) is 69.9 cm³/mol. The molecule has 1 atom stereocenters. The summed E-state index contributed by atoms with van der Waals surface area (Å²) in [6.45, 7) is 5.35. The van der Waals surface area contributed by atoms with Crippen molar-refractivity contribution < 1.29 is 19.4 Å². The lowest BCUT2D eigenvalue weighted by Gasteiger charge is -2.43. The summed E-state index contributed by atoms with van der Waals surface area (Å²) < 4.78 is 10.9. The van der Waals surface area contributed by atoms with Gasteiger partial charge in [-0.2, -0.15) is 0 Å². The van der Waals surface area contributed by atoms with Crippen LogP contribution in [0.1, 0.15) is 19.8 Å². The highest BCUT2D eigenvalue weighted by Crippen LogP contribution is 2.25. The molecule has 2 fully saturated rings. The van der Waals surface area contributed by atoms with Gasteiger partial charge in [0.1, 0.15) is 0 Å². The Morgan fingerprint density at radius 2 is 2.05 bits per heavy atom. The fourth-order valence-corrected chi connectivity index (χ4v) is 2.81. The van der Waals surface area contributed by atoms with E-state index in [1.165, 1.54) is 0 Å². The number of carbonyl (C=O) groups excluding carboxylic acids is 1. The smallest absolute Gasteiger partial charge is 0.253 e. The Kier molecular flexibility index (Phi) is 4.45. The second-order valence-corrected chi connectivity index (χ2v) is 5.71. The summed E-state index contributed by atoms with van der Waals surface area (Å²) in [5, 5.41) is 13.2. The van der Waals surface area contributed by atoms with E-state index in [1.807, 2.05) is 0 Å². The molecular formula is C13H24N2O4. The Hall–Kier alpha value is -0.690. The molecule has 6 heteroatoms. The fraction of sp³-hybridized carbons (Fsp3) is 0.923. The lowest BCUT2D eigenvalue weighted by atomic mass is 9.92. The molecule has 2 N–H and O–H groups in total. The van der Waals surface area contributed by atoms with E-state index in [0.717, 1.165) is 6.54 Å². The van der Waals surface area contributed by atoms with Crippen molar-refractivity contribution in [3.8, 4) is 0 Å². The van der Waals surface area contributed by atoms with Crippen LogP contribution in [0, 0.1) is 0 Å². The third-order valence-electron chi connectivity index (χ3n) is 4.00. The fourth-order valence-electron chi connectivity index (χ4n) is 2.81. The summed E-state index contributed by atoms with van der Waals surface area (Å²) in [6.07, 6.45) is 1.31. The second kappa shape index (κ2) is 5.75. The number of ether oxygens (including phenoxy) is 2. The predicted octanol–water partition coefficient (Wildman–Crippen LogP) is -0.635. The Morgan fingerprint density at radius 1 is 1.37 bits per heavy atom. The maximum Gasteiger partial charge on any atom is 0.253 e. The van der Waals surface area contributed by atoms with Gasteiger partial charge in [0, 0.05) is 52.7 Å². The highest BCUT2D eigenvalue weighted by molar-refractivity contribution is 5.84. The number of hydrogen-bond donors (Lipinski definition) is 2. The minimum atomic E-state index is -0.825. The minimum absolute atomic E-state index is 0.115. The zero-order valence-electron chi connectivity index (χ0n) is 11.8. The van der Waals surface area contributed by atoms with Gasteiger partial charge in [0.25, 0.3) is 5.91 Å². The molecule has 2 aliphatic rings. The number of carbonyl (C=O) groups is 1. The summed E-state index contributed by atoms with van der Waals surface area (Å²) in [4.78, 5) is 14.0. The van der Waals surface area contributed by atoms with E-state index < -0.39 is 11.2 Å². The van der Waals surface area contributed by atoms with Gasteiger partial charge in [0.2, 0.25) is 0 Å². The first-order valence-corrected chi connectivity index (χ1v) is 6.86. The van der Waals surface area contributed by atoms with E-state index in [-0.39, 0.29) is 5.91 Å². The molecule has 2 aliphatic heterocycles. The Morgan fingerprint density at radius 3 is 2.68 bits per heavy atom. The van der Waals surface area contributed by atoms with Crippen LogP contribution >= 0.6 is 0 Å². The highest BCUT2D eigenvalue weighted by Gasteiger charge is 2.41. The number of morpholine rings is 1. The number of β-amino-alcohol motifs (C(OH)–C–C–N with tert-alkyl or cyclic N) is 1. The number of rotatable bonds is 3. The third-order valence-corrected chi connectivity index (χ3v) is 4.00. The zero-order chi connectivity index (χ0) is 13.9. The molecule has 2 heterocycles. The van der Waals surface area contributed by atoms with Gasteiger partial charge in [-0.25, -0.2) is 0 Å². The maximum absolute atomic E-state index is 11.9. The van der Waals surface area contributed by atoms with Crippen LogP contribution in [-0.2, 0) is 14.3 Å². The van der Waals surface area contributed by atoms with Crippen LogP contribution in [0.4, 0.5) is 0 Å². The quantitative estimate of drug-likeness (QED) is 0.715. The Balaban J connectivity index is 1.95. The molecule has 2 rings (SSSR count). The molecule has 6 nitrogen and oxygen atoms in total. The normalized spacial score (nSPS) is 31.9. The van der Waals surface area contributed by atoms with E-state index in [9.17, 15) is 9.90 Å². The molecule has 0 aromatic rings. The molecule has 2 saturated heterocycles. The first-order chi connectivity index (χ1) is 8.97. The van der Waals surface area contributed by atoms with Crippen molar-refractivity contribution in [3.63, 3.8) is 0 Å². The van der Waals surface area contributed by atoms with Crippen LogP contribution in [0.5, 0.6) is 0 Å². The second-order valence-electron chi connectivity index (χ2n) is 5.71. The third kappa shape index (κ3) is 3.45. The van der Waals surface area contributed by atoms with E-state index in [2.05, 4.69) is 10.2 Å². The number of hydrogen-bond acceptors (Lipinski definition) is 5. The standard InChI is InChI=1S/C13H24N2O4/c1-12(11(16)14-2)9-15(5-8-19-12)10-13(17)3-6-18-7-4-13/h17H,3-10H2,1-2H3,(H,14,16)/t12-/m0/s1. The average Bonchev–Trinajstić information content (AvgIpc) is 2.38. The van der Waals surface area contributed by atoms with E-state index >= 15 is 0 Å². The van der Waals surface area contributed by atoms with Crippen LogP contribution in [0.3, 0.4) is 0 Å². The summed E-state index contributed by atoms with van der Waals surface area (Å²) in [7, 11) is 1.61.